The van der Waals surface area contributed by atoms with Crippen molar-refractivity contribution in [2.75, 3.05) is 7.11 Å². The van der Waals surface area contributed by atoms with E-state index in [1.165, 1.54) is 7.11 Å². The monoisotopic (exact) mass is 493 g/mol. The summed E-state index contributed by atoms with van der Waals surface area (Å²) < 4.78 is 8.00. The van der Waals surface area contributed by atoms with Crippen molar-refractivity contribution in [2.24, 2.45) is 5.10 Å². The molecule has 29 heavy (non-hydrogen) atoms. The normalized spacial score (nSPS) is 11.1. The second-order valence-corrected chi connectivity index (χ2v) is 7.98. The number of hydrogen-bond donors (Lipinski definition) is 1. The second kappa shape index (κ2) is 9.03. The standard InChI is InChI=1S/C21H18BrCl2N3O2/c1-12-9-14(13(2)27(12)18-6-4-5-17(23)20(18)24)11-25-26-21(28)16-10-15(22)7-8-19(16)29-3/h4-11H,1-3H3,(H,26,28)/b25-11-. The highest BCUT2D eigenvalue weighted by atomic mass is 79.9. The van der Waals surface area contributed by atoms with Gasteiger partial charge in [0, 0.05) is 21.4 Å². The number of hydrazone groups is 1. The average molecular weight is 495 g/mol. The van der Waals surface area contributed by atoms with Crippen molar-refractivity contribution in [2.45, 2.75) is 13.8 Å². The lowest BCUT2D eigenvalue weighted by Crippen LogP contribution is -2.18. The Bertz CT molecular complexity index is 1110. The molecule has 0 aliphatic rings. The SMILES string of the molecule is COc1ccc(Br)cc1C(=O)N/N=C\c1cc(C)n(-c2cccc(Cl)c2Cl)c1C. The lowest BCUT2D eigenvalue weighted by atomic mass is 10.2. The number of halogens is 3. The van der Waals surface area contributed by atoms with Crippen LogP contribution in [0.2, 0.25) is 10.0 Å². The van der Waals surface area contributed by atoms with Gasteiger partial charge in [-0.15, -0.1) is 0 Å². The van der Waals surface area contributed by atoms with Gasteiger partial charge < -0.3 is 9.30 Å². The van der Waals surface area contributed by atoms with Gasteiger partial charge in [-0.05, 0) is 50.2 Å². The van der Waals surface area contributed by atoms with Crippen LogP contribution in [0, 0.1) is 13.8 Å². The average Bonchev–Trinajstić information content (AvgIpc) is 2.97. The summed E-state index contributed by atoms with van der Waals surface area (Å²) in [5.41, 5.74) is 6.45. The predicted molar refractivity (Wildman–Crippen MR) is 121 cm³/mol. The molecule has 2 aromatic carbocycles. The summed E-state index contributed by atoms with van der Waals surface area (Å²) in [6, 6.07) is 12.6. The zero-order chi connectivity index (χ0) is 21.1. The van der Waals surface area contributed by atoms with Gasteiger partial charge in [0.1, 0.15) is 5.75 Å². The molecule has 0 aliphatic heterocycles. The van der Waals surface area contributed by atoms with Gasteiger partial charge in [0.05, 0.1) is 34.6 Å². The fraction of sp³-hybridized carbons (Fsp3) is 0.143. The van der Waals surface area contributed by atoms with E-state index in [2.05, 4.69) is 26.5 Å². The third-order valence-corrected chi connectivity index (χ3v) is 5.72. The van der Waals surface area contributed by atoms with E-state index in [4.69, 9.17) is 27.9 Å². The van der Waals surface area contributed by atoms with E-state index in [1.807, 2.05) is 36.6 Å². The van der Waals surface area contributed by atoms with Crippen LogP contribution in [0.4, 0.5) is 0 Å². The summed E-state index contributed by atoms with van der Waals surface area (Å²) in [6.07, 6.45) is 1.60. The van der Waals surface area contributed by atoms with Crippen molar-refractivity contribution in [3.8, 4) is 11.4 Å². The predicted octanol–water partition coefficient (Wildman–Crippen LogP) is 5.94. The maximum Gasteiger partial charge on any atom is 0.275 e. The molecule has 3 rings (SSSR count). The fourth-order valence-electron chi connectivity index (χ4n) is 3.03. The molecule has 0 bridgehead atoms. The molecule has 1 amide bonds. The molecule has 0 saturated heterocycles. The first kappa shape index (κ1) is 21.4. The van der Waals surface area contributed by atoms with Gasteiger partial charge in [0.15, 0.2) is 0 Å². The van der Waals surface area contributed by atoms with Crippen LogP contribution < -0.4 is 10.2 Å². The molecule has 1 N–H and O–H groups in total. The molecule has 8 heteroatoms. The number of nitrogens with one attached hydrogen (secondary N) is 1. The number of methoxy groups -OCH3 is 1. The van der Waals surface area contributed by atoms with Gasteiger partial charge in [0.25, 0.3) is 5.91 Å². The van der Waals surface area contributed by atoms with Crippen LogP contribution in [0.15, 0.2) is 52.0 Å². The lowest BCUT2D eigenvalue weighted by Gasteiger charge is -2.12. The Hall–Kier alpha value is -2.28. The van der Waals surface area contributed by atoms with Crippen molar-refractivity contribution in [3.63, 3.8) is 0 Å². The van der Waals surface area contributed by atoms with E-state index >= 15 is 0 Å². The molecule has 0 radical (unpaired) electrons. The summed E-state index contributed by atoms with van der Waals surface area (Å²) in [6.45, 7) is 3.91. The summed E-state index contributed by atoms with van der Waals surface area (Å²) in [5, 5.41) is 5.07. The van der Waals surface area contributed by atoms with E-state index in [0.29, 0.717) is 21.4 Å². The number of aryl methyl sites for hydroxylation is 1. The Labute approximate surface area is 187 Å². The first-order valence-electron chi connectivity index (χ1n) is 8.63. The number of rotatable bonds is 5. The summed E-state index contributed by atoms with van der Waals surface area (Å²) in [5.74, 6) is 0.0979. The maximum atomic E-state index is 12.5. The largest absolute Gasteiger partial charge is 0.496 e. The zero-order valence-electron chi connectivity index (χ0n) is 16.0. The Morgan fingerprint density at radius 1 is 1.21 bits per heavy atom. The molecule has 150 valence electrons. The third-order valence-electron chi connectivity index (χ3n) is 4.42. The number of ether oxygens (including phenoxy) is 1. The van der Waals surface area contributed by atoms with Gasteiger partial charge in [-0.2, -0.15) is 5.10 Å². The second-order valence-electron chi connectivity index (χ2n) is 6.28. The highest BCUT2D eigenvalue weighted by Crippen LogP contribution is 2.31. The topological polar surface area (TPSA) is 55.6 Å². The molecule has 0 atom stereocenters. The van der Waals surface area contributed by atoms with Crippen LogP contribution in [0.1, 0.15) is 27.3 Å². The number of benzene rings is 2. The van der Waals surface area contributed by atoms with Crippen LogP contribution in [-0.2, 0) is 0 Å². The number of carbonyl (C=O) groups excluding carboxylic acids is 1. The van der Waals surface area contributed by atoms with E-state index < -0.39 is 0 Å². The van der Waals surface area contributed by atoms with Crippen LogP contribution >= 0.6 is 39.1 Å². The summed E-state index contributed by atoms with van der Waals surface area (Å²) in [7, 11) is 1.51. The minimum Gasteiger partial charge on any atom is -0.496 e. The molecular weight excluding hydrogens is 477 g/mol. The lowest BCUT2D eigenvalue weighted by molar-refractivity contribution is 0.0952. The quantitative estimate of drug-likeness (QED) is 0.352. The first-order valence-corrected chi connectivity index (χ1v) is 10.2. The van der Waals surface area contributed by atoms with Gasteiger partial charge in [-0.25, -0.2) is 5.43 Å². The molecule has 1 aromatic heterocycles. The van der Waals surface area contributed by atoms with Gasteiger partial charge >= 0.3 is 0 Å². The van der Waals surface area contributed by atoms with E-state index in [0.717, 1.165) is 27.1 Å². The minimum absolute atomic E-state index is 0.369. The molecular formula is C21H18BrCl2N3O2. The number of amides is 1. The van der Waals surface area contributed by atoms with E-state index in [9.17, 15) is 4.79 Å². The molecule has 0 spiro atoms. The molecule has 5 nitrogen and oxygen atoms in total. The summed E-state index contributed by atoms with van der Waals surface area (Å²) >= 11 is 15.9. The third kappa shape index (κ3) is 4.50. The van der Waals surface area contributed by atoms with Crippen LogP contribution in [-0.4, -0.2) is 23.8 Å². The van der Waals surface area contributed by atoms with Crippen molar-refractivity contribution in [1.29, 1.82) is 0 Å². The number of nitrogens with zero attached hydrogens (tertiary/aromatic N) is 2. The highest BCUT2D eigenvalue weighted by Gasteiger charge is 2.15. The molecule has 0 saturated carbocycles. The summed E-state index contributed by atoms with van der Waals surface area (Å²) in [4.78, 5) is 12.5. The van der Waals surface area contributed by atoms with Crippen LogP contribution in [0.5, 0.6) is 5.75 Å². The number of carbonyl (C=O) groups is 1. The number of hydrogen-bond acceptors (Lipinski definition) is 3. The Kier molecular flexibility index (Phi) is 6.67. The van der Waals surface area contributed by atoms with Crippen molar-refractivity contribution in [3.05, 3.63) is 79.5 Å². The first-order chi connectivity index (χ1) is 13.8. The van der Waals surface area contributed by atoms with Crippen LogP contribution in [0.25, 0.3) is 5.69 Å². The molecule has 0 fully saturated rings. The molecule has 3 aromatic rings. The Morgan fingerprint density at radius 3 is 2.69 bits per heavy atom. The molecule has 0 aliphatic carbocycles. The highest BCUT2D eigenvalue weighted by molar-refractivity contribution is 9.10. The van der Waals surface area contributed by atoms with Crippen molar-refractivity contribution >= 4 is 51.3 Å². The smallest absolute Gasteiger partial charge is 0.275 e. The van der Waals surface area contributed by atoms with Gasteiger partial charge in [0.2, 0.25) is 0 Å². The molecule has 1 heterocycles. The van der Waals surface area contributed by atoms with Crippen molar-refractivity contribution in [1.82, 2.24) is 9.99 Å². The number of aromatic nitrogens is 1. The van der Waals surface area contributed by atoms with Crippen molar-refractivity contribution < 1.29 is 9.53 Å². The fourth-order valence-corrected chi connectivity index (χ4v) is 3.77. The molecule has 0 unspecified atom stereocenters. The minimum atomic E-state index is -0.369. The zero-order valence-corrected chi connectivity index (χ0v) is 19.1. The van der Waals surface area contributed by atoms with Crippen LogP contribution in [0.3, 0.4) is 0 Å². The Balaban J connectivity index is 1.85. The van der Waals surface area contributed by atoms with Gasteiger partial charge in [-0.3, -0.25) is 4.79 Å². The van der Waals surface area contributed by atoms with E-state index in [1.54, 1.807) is 30.5 Å². The maximum absolute atomic E-state index is 12.5. The Morgan fingerprint density at radius 2 is 1.97 bits per heavy atom. The van der Waals surface area contributed by atoms with Gasteiger partial charge in [-0.1, -0.05) is 45.2 Å². The van der Waals surface area contributed by atoms with E-state index in [-0.39, 0.29) is 5.91 Å².